The van der Waals surface area contributed by atoms with E-state index in [-0.39, 0.29) is 16.0 Å². The van der Waals surface area contributed by atoms with Gasteiger partial charge in [-0.3, -0.25) is 0 Å². The fraction of sp³-hybridized carbons (Fsp3) is 0.500. The Bertz CT molecular complexity index is 543. The van der Waals surface area contributed by atoms with Gasteiger partial charge in [0.2, 0.25) is 10.0 Å². The van der Waals surface area contributed by atoms with Gasteiger partial charge in [0.1, 0.15) is 4.90 Å². The minimum Gasteiger partial charge on any atom is -0.208 e. The summed E-state index contributed by atoms with van der Waals surface area (Å²) in [6.45, 7) is 1.89. The van der Waals surface area contributed by atoms with Gasteiger partial charge in [-0.25, -0.2) is 13.1 Å². The van der Waals surface area contributed by atoms with E-state index in [9.17, 15) is 8.42 Å². The van der Waals surface area contributed by atoms with Crippen LogP contribution >= 0.6 is 27.5 Å². The molecule has 1 unspecified atom stereocenters. The van der Waals surface area contributed by atoms with Crippen molar-refractivity contribution < 1.29 is 8.42 Å². The quantitative estimate of drug-likeness (QED) is 0.880. The molecule has 3 nitrogen and oxygen atoms in total. The van der Waals surface area contributed by atoms with Crippen LogP contribution in [0.4, 0.5) is 0 Å². The SMILES string of the molecule is CC(CC1CC1)NS(=O)(=O)c1ccc(Br)cc1Cl. The second-order valence-corrected chi connectivity index (χ2v) is 7.78. The van der Waals surface area contributed by atoms with Crippen LogP contribution in [-0.2, 0) is 10.0 Å². The van der Waals surface area contributed by atoms with Gasteiger partial charge in [-0.15, -0.1) is 0 Å². The summed E-state index contributed by atoms with van der Waals surface area (Å²) in [6, 6.07) is 4.72. The molecule has 1 fully saturated rings. The van der Waals surface area contributed by atoms with Crippen molar-refractivity contribution in [2.45, 2.75) is 37.1 Å². The molecule has 2 rings (SSSR count). The number of nitrogens with one attached hydrogen (secondary N) is 1. The van der Waals surface area contributed by atoms with E-state index >= 15 is 0 Å². The second kappa shape index (κ2) is 5.49. The highest BCUT2D eigenvalue weighted by atomic mass is 79.9. The molecule has 1 N–H and O–H groups in total. The summed E-state index contributed by atoms with van der Waals surface area (Å²) < 4.78 is 27.8. The van der Waals surface area contributed by atoms with Gasteiger partial charge in [0.05, 0.1) is 5.02 Å². The first kappa shape index (κ1) is 14.3. The van der Waals surface area contributed by atoms with Crippen LogP contribution in [0.2, 0.25) is 5.02 Å². The van der Waals surface area contributed by atoms with E-state index in [1.165, 1.54) is 18.9 Å². The van der Waals surface area contributed by atoms with Crippen LogP contribution in [-0.4, -0.2) is 14.5 Å². The predicted molar refractivity (Wildman–Crippen MR) is 76.3 cm³/mol. The van der Waals surface area contributed by atoms with Gasteiger partial charge in [0.15, 0.2) is 0 Å². The molecule has 18 heavy (non-hydrogen) atoms. The standard InChI is InChI=1S/C12H15BrClNO2S/c1-8(6-9-2-3-9)15-18(16,17)12-5-4-10(13)7-11(12)14/h4-5,7-9,15H,2-3,6H2,1H3. The Morgan fingerprint density at radius 2 is 2.17 bits per heavy atom. The second-order valence-electron chi connectivity index (χ2n) is 4.78. The molecule has 0 radical (unpaired) electrons. The minimum absolute atomic E-state index is 0.0535. The summed E-state index contributed by atoms with van der Waals surface area (Å²) in [5.41, 5.74) is 0. The molecule has 0 bridgehead atoms. The summed E-state index contributed by atoms with van der Waals surface area (Å²) >= 11 is 9.22. The number of hydrogen-bond donors (Lipinski definition) is 1. The molecule has 0 saturated heterocycles. The van der Waals surface area contributed by atoms with Gasteiger partial charge in [0.25, 0.3) is 0 Å². The molecule has 0 amide bonds. The van der Waals surface area contributed by atoms with Gasteiger partial charge < -0.3 is 0 Å². The van der Waals surface area contributed by atoms with Crippen LogP contribution in [0.5, 0.6) is 0 Å². The number of benzene rings is 1. The molecule has 0 spiro atoms. The van der Waals surface area contributed by atoms with Crippen molar-refractivity contribution in [3.63, 3.8) is 0 Å². The van der Waals surface area contributed by atoms with E-state index in [1.54, 1.807) is 12.1 Å². The molecular weight excluding hydrogens is 338 g/mol. The number of sulfonamides is 1. The van der Waals surface area contributed by atoms with Crippen LogP contribution < -0.4 is 4.72 Å². The Balaban J connectivity index is 2.13. The first-order valence-corrected chi connectivity index (χ1v) is 8.51. The van der Waals surface area contributed by atoms with E-state index in [4.69, 9.17) is 11.6 Å². The third-order valence-corrected chi connectivity index (χ3v) is 5.49. The Morgan fingerprint density at radius 1 is 1.50 bits per heavy atom. The number of rotatable bonds is 5. The fourth-order valence-corrected chi connectivity index (χ4v) is 4.22. The molecule has 100 valence electrons. The van der Waals surface area contributed by atoms with Gasteiger partial charge in [-0.1, -0.05) is 40.4 Å². The van der Waals surface area contributed by atoms with Crippen LogP contribution in [0.15, 0.2) is 27.6 Å². The minimum atomic E-state index is -3.53. The monoisotopic (exact) mass is 351 g/mol. The van der Waals surface area contributed by atoms with Crippen LogP contribution in [0, 0.1) is 5.92 Å². The maximum absolute atomic E-state index is 12.2. The van der Waals surface area contributed by atoms with Crippen molar-refractivity contribution in [3.8, 4) is 0 Å². The molecule has 1 atom stereocenters. The Morgan fingerprint density at radius 3 is 2.72 bits per heavy atom. The van der Waals surface area contributed by atoms with Crippen molar-refractivity contribution in [2.75, 3.05) is 0 Å². The third-order valence-electron chi connectivity index (χ3n) is 2.92. The van der Waals surface area contributed by atoms with Crippen LogP contribution in [0.3, 0.4) is 0 Å². The molecule has 0 aliphatic heterocycles. The van der Waals surface area contributed by atoms with Gasteiger partial charge >= 0.3 is 0 Å². The zero-order valence-corrected chi connectivity index (χ0v) is 13.1. The molecule has 0 aromatic heterocycles. The fourth-order valence-electron chi connectivity index (χ4n) is 1.92. The lowest BCUT2D eigenvalue weighted by Crippen LogP contribution is -2.33. The summed E-state index contributed by atoms with van der Waals surface area (Å²) in [6.07, 6.45) is 3.32. The molecular formula is C12H15BrClNO2S. The van der Waals surface area contributed by atoms with E-state index in [2.05, 4.69) is 20.7 Å². The van der Waals surface area contributed by atoms with Crippen molar-refractivity contribution in [3.05, 3.63) is 27.7 Å². The lowest BCUT2D eigenvalue weighted by Gasteiger charge is -2.14. The highest BCUT2D eigenvalue weighted by Gasteiger charge is 2.27. The summed E-state index contributed by atoms with van der Waals surface area (Å²) in [5, 5.41) is 0.232. The molecule has 0 heterocycles. The summed E-state index contributed by atoms with van der Waals surface area (Å²) in [7, 11) is -3.53. The molecule has 1 aliphatic carbocycles. The van der Waals surface area contributed by atoms with E-state index in [0.717, 1.165) is 10.9 Å². The maximum Gasteiger partial charge on any atom is 0.242 e. The van der Waals surface area contributed by atoms with Gasteiger partial charge in [0, 0.05) is 10.5 Å². The first-order valence-electron chi connectivity index (χ1n) is 5.86. The van der Waals surface area contributed by atoms with E-state index in [0.29, 0.717) is 5.92 Å². The lowest BCUT2D eigenvalue weighted by molar-refractivity contribution is 0.530. The van der Waals surface area contributed by atoms with Gasteiger partial charge in [-0.05, 0) is 37.5 Å². The largest absolute Gasteiger partial charge is 0.242 e. The molecule has 1 aromatic rings. The Kier molecular flexibility index (Phi) is 4.36. The average Bonchev–Trinajstić information content (AvgIpc) is 2.99. The predicted octanol–water partition coefficient (Wildman–Crippen LogP) is 3.57. The number of hydrogen-bond acceptors (Lipinski definition) is 2. The third kappa shape index (κ3) is 3.70. The Hall–Kier alpha value is -0.100. The zero-order chi connectivity index (χ0) is 13.3. The lowest BCUT2D eigenvalue weighted by atomic mass is 10.2. The molecule has 1 saturated carbocycles. The zero-order valence-electron chi connectivity index (χ0n) is 9.99. The van der Waals surface area contributed by atoms with Crippen LogP contribution in [0.25, 0.3) is 0 Å². The van der Waals surface area contributed by atoms with E-state index in [1.807, 2.05) is 6.92 Å². The van der Waals surface area contributed by atoms with E-state index < -0.39 is 10.0 Å². The normalized spacial score (nSPS) is 17.7. The summed E-state index contributed by atoms with van der Waals surface area (Å²) in [5.74, 6) is 0.683. The highest BCUT2D eigenvalue weighted by Crippen LogP contribution is 2.34. The van der Waals surface area contributed by atoms with Crippen LogP contribution in [0.1, 0.15) is 26.2 Å². The van der Waals surface area contributed by atoms with Crippen molar-refractivity contribution in [2.24, 2.45) is 5.92 Å². The topological polar surface area (TPSA) is 46.2 Å². The van der Waals surface area contributed by atoms with Crippen molar-refractivity contribution in [1.29, 1.82) is 0 Å². The van der Waals surface area contributed by atoms with Crippen molar-refractivity contribution in [1.82, 2.24) is 4.72 Å². The van der Waals surface area contributed by atoms with Crippen molar-refractivity contribution >= 4 is 37.6 Å². The molecule has 1 aliphatic rings. The average molecular weight is 353 g/mol. The molecule has 1 aromatic carbocycles. The first-order chi connectivity index (χ1) is 8.38. The maximum atomic E-state index is 12.2. The summed E-state index contributed by atoms with van der Waals surface area (Å²) in [4.78, 5) is 0.134. The smallest absolute Gasteiger partial charge is 0.208 e. The highest BCUT2D eigenvalue weighted by molar-refractivity contribution is 9.10. The Labute approximate surface area is 121 Å². The van der Waals surface area contributed by atoms with Gasteiger partial charge in [-0.2, -0.15) is 0 Å². The molecule has 6 heteroatoms. The number of halogens is 2.